The molecule has 0 aliphatic rings. The van der Waals surface area contributed by atoms with Crippen LogP contribution < -0.4 is 13.9 Å². The number of nitrogens with zero attached hydrogens (tertiary/aromatic N) is 1. The summed E-state index contributed by atoms with van der Waals surface area (Å²) < 4.78 is 22.3. The Kier molecular flexibility index (Phi) is 11.6. The Labute approximate surface area is 241 Å². The summed E-state index contributed by atoms with van der Waals surface area (Å²) in [5.41, 5.74) is 1.48. The third-order valence-electron chi connectivity index (χ3n) is 7.03. The van der Waals surface area contributed by atoms with Crippen molar-refractivity contribution in [3.05, 3.63) is 53.6 Å². The summed E-state index contributed by atoms with van der Waals surface area (Å²) in [6.07, 6.45) is -0.156. The van der Waals surface area contributed by atoms with Crippen molar-refractivity contribution in [2.75, 3.05) is 26.7 Å². The number of hydrogen-bond acceptors (Lipinski definition) is 7. The molecule has 214 valence electrons. The zero-order chi connectivity index (χ0) is 29.4. The molecule has 2 rings (SSSR count). The summed E-state index contributed by atoms with van der Waals surface area (Å²) in [6, 6.07) is 11.8. The van der Waals surface area contributed by atoms with E-state index in [2.05, 4.69) is 49.8 Å². The fourth-order valence-corrected chi connectivity index (χ4v) is 4.91. The molecule has 0 aliphatic heterocycles. The molecule has 0 aliphatic carbocycles. The monoisotopic (exact) mass is 621 g/mol. The predicted octanol–water partition coefficient (Wildman–Crippen LogP) is 5.55. The number of Topliss-reactive ketones (excluding diaryl/α,β-unsaturated/α-hetero) is 1. The number of rotatable bonds is 13. The minimum Gasteiger partial charge on any atom is -0.544 e. The van der Waals surface area contributed by atoms with E-state index < -0.39 is 26.2 Å². The molecule has 0 radical (unpaired) electrons. The van der Waals surface area contributed by atoms with Crippen molar-refractivity contribution in [1.29, 1.82) is 0 Å². The van der Waals surface area contributed by atoms with Crippen molar-refractivity contribution in [2.45, 2.75) is 64.3 Å². The molecule has 2 aromatic rings. The Balaban J connectivity index is 2.42. The fourth-order valence-electron chi connectivity index (χ4n) is 3.68. The molecule has 0 N–H and O–H groups in total. The molecular formula is C29H40BrNO7Si. The van der Waals surface area contributed by atoms with Gasteiger partial charge in [0.15, 0.2) is 5.78 Å². The van der Waals surface area contributed by atoms with E-state index in [0.717, 1.165) is 11.3 Å². The smallest absolute Gasteiger partial charge is 0.328 e. The lowest BCUT2D eigenvalue weighted by Crippen LogP contribution is -2.47. The van der Waals surface area contributed by atoms with Gasteiger partial charge in [-0.15, -0.1) is 0 Å². The van der Waals surface area contributed by atoms with E-state index in [1.807, 2.05) is 24.3 Å². The Hall–Kier alpha value is -2.85. The molecule has 0 saturated carbocycles. The number of ether oxygens (including phenoxy) is 3. The number of benzene rings is 2. The lowest BCUT2D eigenvalue weighted by atomic mass is 10.0. The quantitative estimate of drug-likeness (QED) is 0.125. The molecule has 1 atom stereocenters. The van der Waals surface area contributed by atoms with E-state index in [1.54, 1.807) is 25.3 Å². The Morgan fingerprint density at radius 1 is 0.949 bits per heavy atom. The van der Waals surface area contributed by atoms with Crippen LogP contribution in [0.4, 0.5) is 0 Å². The highest BCUT2D eigenvalue weighted by Gasteiger charge is 2.39. The predicted molar refractivity (Wildman–Crippen MR) is 157 cm³/mol. The van der Waals surface area contributed by atoms with Gasteiger partial charge in [-0.1, -0.05) is 48.8 Å². The van der Waals surface area contributed by atoms with E-state index in [1.165, 1.54) is 19.1 Å². The van der Waals surface area contributed by atoms with Crippen molar-refractivity contribution in [3.63, 3.8) is 0 Å². The number of amides is 1. The van der Waals surface area contributed by atoms with Gasteiger partial charge >= 0.3 is 5.97 Å². The first-order valence-electron chi connectivity index (χ1n) is 12.7. The summed E-state index contributed by atoms with van der Waals surface area (Å²) >= 11 is 3.12. The van der Waals surface area contributed by atoms with Gasteiger partial charge in [0, 0.05) is 18.1 Å². The number of hydrogen-bond donors (Lipinski definition) is 0. The summed E-state index contributed by atoms with van der Waals surface area (Å²) in [4.78, 5) is 40.0. The normalized spacial score (nSPS) is 12.3. The molecule has 0 bridgehead atoms. The highest BCUT2D eigenvalue weighted by Crippen LogP contribution is 2.37. The van der Waals surface area contributed by atoms with Crippen LogP contribution in [-0.4, -0.2) is 63.6 Å². The SMILES string of the molecule is COC(=O)[C@H](Cc1ccc(O[Si](C)(C)C(C)(C)C)cc1)N(Cc1ccc(OC)cc1OC)C(=O)CC(=O)CBr. The van der Waals surface area contributed by atoms with Gasteiger partial charge in [0.2, 0.25) is 14.2 Å². The molecule has 0 unspecified atom stereocenters. The van der Waals surface area contributed by atoms with Gasteiger partial charge < -0.3 is 23.5 Å². The average molecular weight is 623 g/mol. The van der Waals surface area contributed by atoms with Crippen molar-refractivity contribution in [1.82, 2.24) is 4.90 Å². The molecule has 2 aromatic carbocycles. The van der Waals surface area contributed by atoms with Gasteiger partial charge in [0.1, 0.15) is 23.3 Å². The van der Waals surface area contributed by atoms with E-state index in [0.29, 0.717) is 17.1 Å². The number of esters is 1. The van der Waals surface area contributed by atoms with Gasteiger partial charge in [-0.3, -0.25) is 9.59 Å². The van der Waals surface area contributed by atoms with E-state index in [4.69, 9.17) is 18.6 Å². The third kappa shape index (κ3) is 8.83. The molecule has 39 heavy (non-hydrogen) atoms. The molecule has 8 nitrogen and oxygen atoms in total. The number of ketones is 1. The second-order valence-corrected chi connectivity index (χ2v) is 16.1. The molecular weight excluding hydrogens is 582 g/mol. The topological polar surface area (TPSA) is 91.4 Å². The Morgan fingerprint density at radius 2 is 1.56 bits per heavy atom. The second kappa shape index (κ2) is 14.0. The second-order valence-electron chi connectivity index (χ2n) is 10.8. The van der Waals surface area contributed by atoms with Crippen LogP contribution in [0.15, 0.2) is 42.5 Å². The van der Waals surface area contributed by atoms with Crippen LogP contribution in [0.25, 0.3) is 0 Å². The van der Waals surface area contributed by atoms with E-state index >= 15 is 0 Å². The minimum absolute atomic E-state index is 0.0356. The first-order chi connectivity index (χ1) is 18.3. The molecule has 0 fully saturated rings. The van der Waals surface area contributed by atoms with Gasteiger partial charge in [0.25, 0.3) is 0 Å². The van der Waals surface area contributed by atoms with Crippen LogP contribution >= 0.6 is 15.9 Å². The first kappa shape index (κ1) is 32.4. The Bertz CT molecular complexity index is 1150. The van der Waals surface area contributed by atoms with Crippen LogP contribution in [0.2, 0.25) is 18.1 Å². The molecule has 0 heterocycles. The largest absolute Gasteiger partial charge is 0.544 e. The standard InChI is InChI=1S/C29H40BrNO7Si/c1-29(2,3)39(7,8)38-23-12-9-20(10-13-23)15-25(28(34)37-6)31(27(33)16-22(32)18-30)19-21-11-14-24(35-4)17-26(21)36-5/h9-14,17,25H,15-16,18-19H2,1-8H3/t25-/m0/s1. The van der Waals surface area contributed by atoms with Gasteiger partial charge in [-0.25, -0.2) is 4.79 Å². The lowest BCUT2D eigenvalue weighted by molar-refractivity contribution is -0.154. The summed E-state index contributed by atoms with van der Waals surface area (Å²) in [5.74, 6) is 0.498. The highest BCUT2D eigenvalue weighted by molar-refractivity contribution is 9.09. The third-order valence-corrected chi connectivity index (χ3v) is 12.0. The summed E-state index contributed by atoms with van der Waals surface area (Å²) in [6.45, 7) is 10.9. The highest BCUT2D eigenvalue weighted by atomic mass is 79.9. The maximum atomic E-state index is 13.4. The maximum absolute atomic E-state index is 13.4. The van der Waals surface area contributed by atoms with Gasteiger partial charge in [0.05, 0.1) is 39.6 Å². The van der Waals surface area contributed by atoms with Crippen LogP contribution in [0, 0.1) is 0 Å². The molecule has 10 heteroatoms. The molecule has 0 saturated heterocycles. The lowest BCUT2D eigenvalue weighted by Gasteiger charge is -2.36. The first-order valence-corrected chi connectivity index (χ1v) is 16.7. The van der Waals surface area contributed by atoms with Crippen LogP contribution in [0.1, 0.15) is 38.3 Å². The zero-order valence-electron chi connectivity index (χ0n) is 24.1. The van der Waals surface area contributed by atoms with Crippen molar-refractivity contribution < 1.29 is 33.0 Å². The van der Waals surface area contributed by atoms with Crippen LogP contribution in [-0.2, 0) is 32.1 Å². The average Bonchev–Trinajstić information content (AvgIpc) is 2.90. The van der Waals surface area contributed by atoms with Crippen LogP contribution in [0.5, 0.6) is 17.2 Å². The fraction of sp³-hybridized carbons (Fsp3) is 0.483. The summed E-state index contributed by atoms with van der Waals surface area (Å²) in [7, 11) is 2.34. The molecule has 0 spiro atoms. The molecule has 0 aromatic heterocycles. The number of carbonyl (C=O) groups is 3. The zero-order valence-corrected chi connectivity index (χ0v) is 26.7. The number of alkyl halides is 1. The minimum atomic E-state index is -2.01. The van der Waals surface area contributed by atoms with Crippen LogP contribution in [0.3, 0.4) is 0 Å². The van der Waals surface area contributed by atoms with E-state index in [9.17, 15) is 14.4 Å². The number of halogens is 1. The van der Waals surface area contributed by atoms with Crippen molar-refractivity contribution in [3.8, 4) is 17.2 Å². The number of methoxy groups -OCH3 is 3. The van der Waals surface area contributed by atoms with E-state index in [-0.39, 0.29) is 35.5 Å². The van der Waals surface area contributed by atoms with Crippen molar-refractivity contribution >= 4 is 41.9 Å². The number of carbonyl (C=O) groups excluding carboxylic acids is 3. The molecule has 1 amide bonds. The van der Waals surface area contributed by atoms with Gasteiger partial charge in [-0.2, -0.15) is 0 Å². The van der Waals surface area contributed by atoms with Crippen molar-refractivity contribution in [2.24, 2.45) is 0 Å². The Morgan fingerprint density at radius 3 is 2.08 bits per heavy atom. The maximum Gasteiger partial charge on any atom is 0.328 e. The summed E-state index contributed by atoms with van der Waals surface area (Å²) in [5, 5.41) is 0.0919. The van der Waals surface area contributed by atoms with Gasteiger partial charge in [-0.05, 0) is 48.0 Å².